The molecule has 0 bridgehead atoms. The van der Waals surface area contributed by atoms with Crippen LogP contribution in [0.5, 0.6) is 0 Å². The predicted molar refractivity (Wildman–Crippen MR) is 104 cm³/mol. The van der Waals surface area contributed by atoms with Gasteiger partial charge in [-0.25, -0.2) is 16.8 Å². The number of carbonyl (C=O) groups excluding carboxylic acids is 1. The molecule has 1 amide bonds. The van der Waals surface area contributed by atoms with Gasteiger partial charge in [0.25, 0.3) is 10.0 Å². The highest BCUT2D eigenvalue weighted by atomic mass is 35.5. The summed E-state index contributed by atoms with van der Waals surface area (Å²) < 4.78 is 50.2. The minimum absolute atomic E-state index is 0.102. The van der Waals surface area contributed by atoms with E-state index in [-0.39, 0.29) is 15.6 Å². The Morgan fingerprint density at radius 2 is 1.81 bits per heavy atom. The van der Waals surface area contributed by atoms with Gasteiger partial charge in [0, 0.05) is 18.5 Å². The maximum atomic E-state index is 12.8. The van der Waals surface area contributed by atoms with E-state index in [0.717, 1.165) is 17.6 Å². The average Bonchev–Trinajstić information content (AvgIpc) is 3.24. The van der Waals surface area contributed by atoms with Crippen LogP contribution >= 0.6 is 22.9 Å². The van der Waals surface area contributed by atoms with Crippen molar-refractivity contribution in [2.75, 3.05) is 18.1 Å². The summed E-state index contributed by atoms with van der Waals surface area (Å²) in [5.41, 5.74) is 0.399. The second-order valence-corrected chi connectivity index (χ2v) is 12.0. The van der Waals surface area contributed by atoms with E-state index in [1.807, 2.05) is 0 Å². The molecule has 11 heteroatoms. The SMILES string of the molecule is CS(=O)(=O)c1ccc(NC(=O)[C@H]2CCCN2S(=O)(=O)c2ccc(Cl)s2)cc1. The van der Waals surface area contributed by atoms with Crippen molar-refractivity contribution in [2.24, 2.45) is 0 Å². The molecule has 1 aromatic heterocycles. The van der Waals surface area contributed by atoms with E-state index in [2.05, 4.69) is 5.32 Å². The Labute approximate surface area is 166 Å². The highest BCUT2D eigenvalue weighted by molar-refractivity contribution is 7.91. The monoisotopic (exact) mass is 448 g/mol. The molecule has 1 saturated heterocycles. The van der Waals surface area contributed by atoms with E-state index < -0.39 is 31.8 Å². The number of amides is 1. The Morgan fingerprint density at radius 1 is 1.15 bits per heavy atom. The summed E-state index contributed by atoms with van der Waals surface area (Å²) in [6.07, 6.45) is 2.08. The molecule has 7 nitrogen and oxygen atoms in total. The highest BCUT2D eigenvalue weighted by Gasteiger charge is 2.40. The zero-order chi connectivity index (χ0) is 19.8. The Kier molecular flexibility index (Phi) is 5.64. The first-order valence-electron chi connectivity index (χ1n) is 7.97. The van der Waals surface area contributed by atoms with Crippen LogP contribution in [-0.2, 0) is 24.7 Å². The molecule has 0 spiro atoms. The molecule has 1 atom stereocenters. The summed E-state index contributed by atoms with van der Waals surface area (Å²) in [6, 6.07) is 7.84. The van der Waals surface area contributed by atoms with E-state index >= 15 is 0 Å². The number of rotatable bonds is 5. The van der Waals surface area contributed by atoms with Crippen molar-refractivity contribution in [3.8, 4) is 0 Å². The van der Waals surface area contributed by atoms with Crippen molar-refractivity contribution in [2.45, 2.75) is 28.0 Å². The molecule has 146 valence electrons. The van der Waals surface area contributed by atoms with Gasteiger partial charge in [0.1, 0.15) is 10.3 Å². The van der Waals surface area contributed by atoms with Gasteiger partial charge < -0.3 is 5.32 Å². The molecular weight excluding hydrogens is 432 g/mol. The number of sulfonamides is 1. The molecule has 0 aliphatic carbocycles. The van der Waals surface area contributed by atoms with Crippen molar-refractivity contribution in [1.29, 1.82) is 0 Å². The standard InChI is InChI=1S/C16H17ClN2O5S3/c1-26(21,22)12-6-4-11(5-7-12)18-16(20)13-3-2-10-19(13)27(23,24)15-9-8-14(17)25-15/h4-9,13H,2-3,10H2,1H3,(H,18,20)/t13-/m1/s1. The summed E-state index contributed by atoms with van der Waals surface area (Å²) in [5, 5.41) is 2.66. The van der Waals surface area contributed by atoms with Gasteiger partial charge in [-0.2, -0.15) is 4.31 Å². The maximum absolute atomic E-state index is 12.8. The van der Waals surface area contributed by atoms with Crippen LogP contribution in [0.3, 0.4) is 0 Å². The topological polar surface area (TPSA) is 101 Å². The molecule has 27 heavy (non-hydrogen) atoms. The van der Waals surface area contributed by atoms with E-state index in [1.54, 1.807) is 0 Å². The zero-order valence-electron chi connectivity index (χ0n) is 14.3. The Balaban J connectivity index is 1.78. The number of sulfone groups is 1. The third-order valence-electron chi connectivity index (χ3n) is 4.17. The van der Waals surface area contributed by atoms with Gasteiger partial charge in [-0.3, -0.25) is 4.79 Å². The van der Waals surface area contributed by atoms with Gasteiger partial charge in [0.2, 0.25) is 5.91 Å². The van der Waals surface area contributed by atoms with Crippen molar-refractivity contribution >= 4 is 54.4 Å². The van der Waals surface area contributed by atoms with Crippen LogP contribution in [0, 0.1) is 0 Å². The number of hydrogen-bond donors (Lipinski definition) is 1. The molecule has 0 saturated carbocycles. The largest absolute Gasteiger partial charge is 0.325 e. The molecule has 2 heterocycles. The summed E-state index contributed by atoms with van der Waals surface area (Å²) in [7, 11) is -7.13. The number of anilines is 1. The van der Waals surface area contributed by atoms with Gasteiger partial charge in [0.15, 0.2) is 9.84 Å². The third kappa shape index (κ3) is 4.35. The molecular formula is C16H17ClN2O5S3. The lowest BCUT2D eigenvalue weighted by Crippen LogP contribution is -2.42. The molecule has 0 radical (unpaired) electrons. The normalized spacial score (nSPS) is 18.5. The average molecular weight is 449 g/mol. The Bertz CT molecular complexity index is 1060. The predicted octanol–water partition coefficient (Wildman–Crippen LogP) is 2.60. The van der Waals surface area contributed by atoms with Gasteiger partial charge in [-0.05, 0) is 49.2 Å². The highest BCUT2D eigenvalue weighted by Crippen LogP contribution is 2.32. The van der Waals surface area contributed by atoms with E-state index in [0.29, 0.717) is 22.9 Å². The fourth-order valence-corrected chi connectivity index (χ4v) is 6.75. The van der Waals surface area contributed by atoms with Gasteiger partial charge in [-0.1, -0.05) is 11.6 Å². The fourth-order valence-electron chi connectivity index (χ4n) is 2.85. The van der Waals surface area contributed by atoms with Crippen LogP contribution in [-0.4, -0.2) is 45.9 Å². The number of nitrogens with zero attached hydrogens (tertiary/aromatic N) is 1. The summed E-state index contributed by atoms with van der Waals surface area (Å²) in [6.45, 7) is 0.253. The summed E-state index contributed by atoms with van der Waals surface area (Å²) >= 11 is 6.79. The summed E-state index contributed by atoms with van der Waals surface area (Å²) in [4.78, 5) is 12.8. The van der Waals surface area contributed by atoms with Crippen LogP contribution < -0.4 is 5.32 Å². The first kappa shape index (κ1) is 20.3. The van der Waals surface area contributed by atoms with E-state index in [9.17, 15) is 21.6 Å². The molecule has 1 fully saturated rings. The van der Waals surface area contributed by atoms with Crippen LogP contribution in [0.25, 0.3) is 0 Å². The second kappa shape index (κ2) is 7.51. The lowest BCUT2D eigenvalue weighted by molar-refractivity contribution is -0.119. The van der Waals surface area contributed by atoms with Crippen molar-refractivity contribution in [1.82, 2.24) is 4.31 Å². The smallest absolute Gasteiger partial charge is 0.253 e. The first-order chi connectivity index (χ1) is 12.6. The van der Waals surface area contributed by atoms with Crippen LogP contribution in [0.15, 0.2) is 45.5 Å². The second-order valence-electron chi connectivity index (χ2n) is 6.12. The number of hydrogen-bond acceptors (Lipinski definition) is 6. The quantitative estimate of drug-likeness (QED) is 0.757. The lowest BCUT2D eigenvalue weighted by atomic mass is 10.2. The van der Waals surface area contributed by atoms with Gasteiger partial charge >= 0.3 is 0 Å². The molecule has 1 aromatic carbocycles. The van der Waals surface area contributed by atoms with Crippen LogP contribution in [0.2, 0.25) is 4.34 Å². The number of thiophene rings is 1. The molecule has 0 unspecified atom stereocenters. The van der Waals surface area contributed by atoms with E-state index in [1.165, 1.54) is 40.7 Å². The third-order valence-corrected chi connectivity index (χ3v) is 8.90. The first-order valence-corrected chi connectivity index (χ1v) is 12.5. The Morgan fingerprint density at radius 3 is 2.37 bits per heavy atom. The van der Waals surface area contributed by atoms with Crippen molar-refractivity contribution in [3.05, 3.63) is 40.7 Å². The van der Waals surface area contributed by atoms with E-state index in [4.69, 9.17) is 11.6 Å². The minimum Gasteiger partial charge on any atom is -0.325 e. The Hall–Kier alpha value is -1.46. The maximum Gasteiger partial charge on any atom is 0.253 e. The van der Waals surface area contributed by atoms with Crippen molar-refractivity contribution < 1.29 is 21.6 Å². The van der Waals surface area contributed by atoms with Crippen LogP contribution in [0.1, 0.15) is 12.8 Å². The summed E-state index contributed by atoms with van der Waals surface area (Å²) in [5.74, 6) is -0.453. The number of halogens is 1. The van der Waals surface area contributed by atoms with Gasteiger partial charge in [0.05, 0.1) is 9.23 Å². The zero-order valence-corrected chi connectivity index (χ0v) is 17.5. The molecule has 2 aromatic rings. The number of nitrogens with one attached hydrogen (secondary N) is 1. The molecule has 1 aliphatic rings. The van der Waals surface area contributed by atoms with Gasteiger partial charge in [-0.15, -0.1) is 11.3 Å². The fraction of sp³-hybridized carbons (Fsp3) is 0.312. The molecule has 3 rings (SSSR count). The number of carbonyl (C=O) groups is 1. The van der Waals surface area contributed by atoms with Crippen LogP contribution in [0.4, 0.5) is 5.69 Å². The lowest BCUT2D eigenvalue weighted by Gasteiger charge is -2.22. The minimum atomic E-state index is -3.80. The van der Waals surface area contributed by atoms with Crippen molar-refractivity contribution in [3.63, 3.8) is 0 Å². The molecule has 1 aliphatic heterocycles. The number of benzene rings is 1. The molecule has 1 N–H and O–H groups in total.